The van der Waals surface area contributed by atoms with Gasteiger partial charge in [0.05, 0.1) is 12.2 Å². The molecule has 2 aromatic heterocycles. The van der Waals surface area contributed by atoms with E-state index in [0.29, 0.717) is 0 Å². The van der Waals surface area contributed by atoms with Gasteiger partial charge in [0.2, 0.25) is 0 Å². The summed E-state index contributed by atoms with van der Waals surface area (Å²) in [5.41, 5.74) is 3.34. The van der Waals surface area contributed by atoms with E-state index in [1.54, 1.807) is 0 Å². The summed E-state index contributed by atoms with van der Waals surface area (Å²) in [6.45, 7) is 5.02. The molecular formula is C16H19N3O. The molecular weight excluding hydrogens is 250 g/mol. The molecule has 0 radical (unpaired) electrons. The zero-order valence-electron chi connectivity index (χ0n) is 12.1. The Morgan fingerprint density at radius 2 is 2.15 bits per heavy atom. The highest BCUT2D eigenvalue weighted by Gasteiger charge is 2.15. The van der Waals surface area contributed by atoms with Crippen molar-refractivity contribution in [1.82, 2.24) is 15.1 Å². The van der Waals surface area contributed by atoms with Crippen molar-refractivity contribution in [3.05, 3.63) is 53.5 Å². The Bertz CT molecular complexity index is 726. The van der Waals surface area contributed by atoms with E-state index in [9.17, 15) is 0 Å². The summed E-state index contributed by atoms with van der Waals surface area (Å²) in [5, 5.41) is 8.85. The average Bonchev–Trinajstić information content (AvgIpc) is 3.01. The Balaban J connectivity index is 1.78. The van der Waals surface area contributed by atoms with Crippen LogP contribution >= 0.6 is 0 Å². The van der Waals surface area contributed by atoms with E-state index in [4.69, 9.17) is 4.42 Å². The van der Waals surface area contributed by atoms with Crippen LogP contribution in [-0.2, 0) is 13.6 Å². The van der Waals surface area contributed by atoms with E-state index in [0.717, 1.165) is 17.9 Å². The van der Waals surface area contributed by atoms with E-state index in [1.165, 1.54) is 16.5 Å². The van der Waals surface area contributed by atoms with Crippen LogP contribution in [0, 0.1) is 6.92 Å². The number of aromatic nitrogens is 2. The smallest absolute Gasteiger partial charge is 0.134 e. The number of nitrogens with zero attached hydrogens (tertiary/aromatic N) is 2. The third kappa shape index (κ3) is 2.34. The number of nitrogens with one attached hydrogen (secondary N) is 1. The van der Waals surface area contributed by atoms with Gasteiger partial charge in [0, 0.05) is 30.7 Å². The second-order valence-electron chi connectivity index (χ2n) is 5.21. The molecule has 4 nitrogen and oxygen atoms in total. The first-order valence-corrected chi connectivity index (χ1v) is 6.84. The summed E-state index contributed by atoms with van der Waals surface area (Å²) in [6, 6.07) is 8.33. The minimum absolute atomic E-state index is 0.169. The third-order valence-corrected chi connectivity index (χ3v) is 3.64. The molecule has 2 heterocycles. The van der Waals surface area contributed by atoms with Crippen LogP contribution in [0.5, 0.6) is 0 Å². The summed E-state index contributed by atoms with van der Waals surface area (Å²) in [4.78, 5) is 0. The van der Waals surface area contributed by atoms with Crippen molar-refractivity contribution in [1.29, 1.82) is 0 Å². The fraction of sp³-hybridized carbons (Fsp3) is 0.312. The zero-order chi connectivity index (χ0) is 14.1. The highest BCUT2D eigenvalue weighted by molar-refractivity contribution is 5.82. The standard InChI is InChI=1S/C16H19N3O/c1-11-14-6-4-5-7-15(14)20-16(11)12(2)17-8-13-9-18-19(3)10-13/h4-7,9-10,12,17H,8H2,1-3H3. The van der Waals surface area contributed by atoms with Gasteiger partial charge in [-0.25, -0.2) is 0 Å². The molecule has 1 N–H and O–H groups in total. The van der Waals surface area contributed by atoms with Gasteiger partial charge in [-0.2, -0.15) is 5.10 Å². The van der Waals surface area contributed by atoms with Crippen LogP contribution in [0.4, 0.5) is 0 Å². The maximum absolute atomic E-state index is 5.97. The van der Waals surface area contributed by atoms with Crippen molar-refractivity contribution >= 4 is 11.0 Å². The highest BCUT2D eigenvalue weighted by atomic mass is 16.3. The van der Waals surface area contributed by atoms with E-state index in [1.807, 2.05) is 42.3 Å². The fourth-order valence-corrected chi connectivity index (χ4v) is 2.53. The van der Waals surface area contributed by atoms with E-state index < -0.39 is 0 Å². The van der Waals surface area contributed by atoms with Crippen molar-refractivity contribution in [3.8, 4) is 0 Å². The molecule has 104 valence electrons. The summed E-state index contributed by atoms with van der Waals surface area (Å²) in [7, 11) is 1.93. The maximum atomic E-state index is 5.97. The predicted molar refractivity (Wildman–Crippen MR) is 79.4 cm³/mol. The summed E-state index contributed by atoms with van der Waals surface area (Å²) < 4.78 is 7.78. The molecule has 0 fully saturated rings. The molecule has 4 heteroatoms. The maximum Gasteiger partial charge on any atom is 0.134 e. The van der Waals surface area contributed by atoms with Crippen LogP contribution in [0.2, 0.25) is 0 Å². The van der Waals surface area contributed by atoms with Gasteiger partial charge in [-0.3, -0.25) is 4.68 Å². The average molecular weight is 269 g/mol. The first kappa shape index (κ1) is 12.9. The van der Waals surface area contributed by atoms with Gasteiger partial charge in [-0.05, 0) is 25.5 Å². The SMILES string of the molecule is Cc1c(C(C)NCc2cnn(C)c2)oc2ccccc12. The number of aryl methyl sites for hydroxylation is 2. The van der Waals surface area contributed by atoms with Crippen molar-refractivity contribution in [2.75, 3.05) is 0 Å². The normalized spacial score (nSPS) is 12.9. The lowest BCUT2D eigenvalue weighted by molar-refractivity contribution is 0.447. The van der Waals surface area contributed by atoms with Crippen LogP contribution in [0.25, 0.3) is 11.0 Å². The number of benzene rings is 1. The Morgan fingerprint density at radius 3 is 2.85 bits per heavy atom. The largest absolute Gasteiger partial charge is 0.459 e. The molecule has 1 aromatic carbocycles. The molecule has 1 unspecified atom stereocenters. The van der Waals surface area contributed by atoms with Crippen molar-refractivity contribution in [2.24, 2.45) is 7.05 Å². The van der Waals surface area contributed by atoms with Gasteiger partial charge in [0.15, 0.2) is 0 Å². The lowest BCUT2D eigenvalue weighted by atomic mass is 10.1. The Hall–Kier alpha value is -2.07. The molecule has 0 spiro atoms. The highest BCUT2D eigenvalue weighted by Crippen LogP contribution is 2.29. The molecule has 0 aliphatic carbocycles. The summed E-state index contributed by atoms with van der Waals surface area (Å²) in [6.07, 6.45) is 3.90. The summed E-state index contributed by atoms with van der Waals surface area (Å²) >= 11 is 0. The van der Waals surface area contributed by atoms with Gasteiger partial charge in [0.25, 0.3) is 0 Å². The number of para-hydroxylation sites is 1. The molecule has 0 aliphatic rings. The molecule has 0 aliphatic heterocycles. The van der Waals surface area contributed by atoms with Crippen molar-refractivity contribution in [3.63, 3.8) is 0 Å². The minimum atomic E-state index is 0.169. The monoisotopic (exact) mass is 269 g/mol. The molecule has 3 aromatic rings. The number of fused-ring (bicyclic) bond motifs is 1. The lowest BCUT2D eigenvalue weighted by Crippen LogP contribution is -2.18. The topological polar surface area (TPSA) is 43.0 Å². The molecule has 0 saturated carbocycles. The van der Waals surface area contributed by atoms with Crippen molar-refractivity contribution in [2.45, 2.75) is 26.4 Å². The Kier molecular flexibility index (Phi) is 3.32. The van der Waals surface area contributed by atoms with Crippen LogP contribution in [0.15, 0.2) is 41.1 Å². The van der Waals surface area contributed by atoms with Gasteiger partial charge in [-0.15, -0.1) is 0 Å². The molecule has 1 atom stereocenters. The van der Waals surface area contributed by atoms with Crippen LogP contribution in [0.3, 0.4) is 0 Å². The quantitative estimate of drug-likeness (QED) is 0.790. The third-order valence-electron chi connectivity index (χ3n) is 3.64. The molecule has 3 rings (SSSR count). The molecule has 0 bridgehead atoms. The zero-order valence-corrected chi connectivity index (χ0v) is 12.1. The van der Waals surface area contributed by atoms with E-state index in [-0.39, 0.29) is 6.04 Å². The first-order chi connectivity index (χ1) is 9.65. The summed E-state index contributed by atoms with van der Waals surface area (Å²) in [5.74, 6) is 1.01. The van der Waals surface area contributed by atoms with Gasteiger partial charge < -0.3 is 9.73 Å². The molecule has 0 saturated heterocycles. The van der Waals surface area contributed by atoms with Crippen LogP contribution in [0.1, 0.15) is 29.9 Å². The lowest BCUT2D eigenvalue weighted by Gasteiger charge is -2.11. The predicted octanol–water partition coefficient (Wildman–Crippen LogP) is 3.33. The second-order valence-corrected chi connectivity index (χ2v) is 5.21. The second kappa shape index (κ2) is 5.13. The number of rotatable bonds is 4. The van der Waals surface area contributed by atoms with Gasteiger partial charge in [0.1, 0.15) is 11.3 Å². The van der Waals surface area contributed by atoms with Crippen LogP contribution in [-0.4, -0.2) is 9.78 Å². The Morgan fingerprint density at radius 1 is 1.35 bits per heavy atom. The number of furan rings is 1. The van der Waals surface area contributed by atoms with E-state index >= 15 is 0 Å². The van der Waals surface area contributed by atoms with Gasteiger partial charge >= 0.3 is 0 Å². The van der Waals surface area contributed by atoms with Crippen LogP contribution < -0.4 is 5.32 Å². The molecule has 20 heavy (non-hydrogen) atoms. The Labute approximate surface area is 118 Å². The number of hydrogen-bond donors (Lipinski definition) is 1. The van der Waals surface area contributed by atoms with Crippen molar-refractivity contribution < 1.29 is 4.42 Å². The fourth-order valence-electron chi connectivity index (χ4n) is 2.53. The number of hydrogen-bond acceptors (Lipinski definition) is 3. The van der Waals surface area contributed by atoms with E-state index in [2.05, 4.69) is 30.3 Å². The van der Waals surface area contributed by atoms with Gasteiger partial charge in [-0.1, -0.05) is 18.2 Å². The molecule has 0 amide bonds. The first-order valence-electron chi connectivity index (χ1n) is 6.84. The minimum Gasteiger partial charge on any atom is -0.459 e.